The van der Waals surface area contributed by atoms with Gasteiger partial charge in [-0.05, 0) is 76.2 Å². The summed E-state index contributed by atoms with van der Waals surface area (Å²) >= 11 is 0. The summed E-state index contributed by atoms with van der Waals surface area (Å²) in [4.78, 5) is 49.0. The molecule has 2 aromatic rings. The van der Waals surface area contributed by atoms with Crippen molar-refractivity contribution in [3.8, 4) is 0 Å². The van der Waals surface area contributed by atoms with Crippen molar-refractivity contribution in [1.29, 1.82) is 0 Å². The van der Waals surface area contributed by atoms with Crippen molar-refractivity contribution in [3.63, 3.8) is 0 Å². The smallest absolute Gasteiger partial charge is 0.348 e. The Kier molecular flexibility index (Phi) is 8.34. The number of carbonyl (C=O) groups is 4. The van der Waals surface area contributed by atoms with Crippen molar-refractivity contribution in [2.45, 2.75) is 27.7 Å². The summed E-state index contributed by atoms with van der Waals surface area (Å²) in [6, 6.07) is 11.2. The number of nitrogens with one attached hydrogen (secondary N) is 2. The van der Waals surface area contributed by atoms with Gasteiger partial charge < -0.3 is 20.1 Å². The summed E-state index contributed by atoms with van der Waals surface area (Å²) in [5.41, 5.74) is 1.58. The SMILES string of the molecule is CCOC(=O)c1ccc(NC(=O)N2N=C(C)N(C(=O)Nc3ccc(C(=O)OCC)cc3)N=C2C)cc1. The first-order chi connectivity index (χ1) is 17.2. The Labute approximate surface area is 207 Å². The van der Waals surface area contributed by atoms with Gasteiger partial charge in [-0.2, -0.15) is 10.0 Å². The van der Waals surface area contributed by atoms with Gasteiger partial charge in [-0.15, -0.1) is 10.2 Å². The average molecular weight is 495 g/mol. The second-order valence-electron chi connectivity index (χ2n) is 7.37. The monoisotopic (exact) mass is 494 g/mol. The van der Waals surface area contributed by atoms with E-state index in [1.54, 1.807) is 38.1 Å². The normalized spacial score (nSPS) is 12.8. The first kappa shape index (κ1) is 25.9. The van der Waals surface area contributed by atoms with Crippen molar-refractivity contribution in [2.24, 2.45) is 10.2 Å². The zero-order valence-electron chi connectivity index (χ0n) is 20.3. The number of hydrazone groups is 2. The maximum Gasteiger partial charge on any atom is 0.348 e. The number of hydrogen-bond acceptors (Lipinski definition) is 8. The molecule has 3 rings (SSSR count). The third-order valence-electron chi connectivity index (χ3n) is 4.78. The average Bonchev–Trinajstić information content (AvgIpc) is 2.86. The molecular weight excluding hydrogens is 468 g/mol. The Balaban J connectivity index is 1.63. The van der Waals surface area contributed by atoms with Crippen LogP contribution in [0.25, 0.3) is 0 Å². The highest BCUT2D eigenvalue weighted by Gasteiger charge is 2.27. The highest BCUT2D eigenvalue weighted by Crippen LogP contribution is 2.16. The number of amides is 4. The standard InChI is InChI=1S/C24H26N6O6/c1-5-35-21(31)17-7-11-19(12-8-17)25-23(33)29-15(3)28-30(16(4)27-29)24(34)26-20-13-9-18(10-14-20)22(32)36-6-2/h7-14H,5-6H2,1-4H3,(H,25,33)(H,26,34). The Morgan fingerprint density at radius 3 is 1.31 bits per heavy atom. The number of amidine groups is 2. The Morgan fingerprint density at radius 2 is 1.00 bits per heavy atom. The molecular formula is C24H26N6O6. The van der Waals surface area contributed by atoms with Gasteiger partial charge >= 0.3 is 24.0 Å². The molecule has 36 heavy (non-hydrogen) atoms. The molecule has 4 amide bonds. The van der Waals surface area contributed by atoms with Crippen LogP contribution in [0, 0.1) is 0 Å². The van der Waals surface area contributed by atoms with Crippen LogP contribution in [0.2, 0.25) is 0 Å². The number of esters is 2. The van der Waals surface area contributed by atoms with Crippen LogP contribution in [0.4, 0.5) is 21.0 Å². The van der Waals surface area contributed by atoms with Gasteiger partial charge in [-0.25, -0.2) is 19.2 Å². The number of anilines is 2. The molecule has 12 nitrogen and oxygen atoms in total. The molecule has 0 fully saturated rings. The quantitative estimate of drug-likeness (QED) is 0.579. The lowest BCUT2D eigenvalue weighted by molar-refractivity contribution is 0.0517. The first-order valence-corrected chi connectivity index (χ1v) is 11.1. The van der Waals surface area contributed by atoms with Crippen LogP contribution in [0.3, 0.4) is 0 Å². The molecule has 0 atom stereocenters. The lowest BCUT2D eigenvalue weighted by Crippen LogP contribution is -2.45. The van der Waals surface area contributed by atoms with Crippen LogP contribution >= 0.6 is 0 Å². The highest BCUT2D eigenvalue weighted by molar-refractivity contribution is 6.09. The lowest BCUT2D eigenvalue weighted by Gasteiger charge is -2.27. The van der Waals surface area contributed by atoms with Gasteiger partial charge in [0.05, 0.1) is 24.3 Å². The van der Waals surface area contributed by atoms with Gasteiger partial charge in [-0.3, -0.25) is 0 Å². The predicted octanol–water partition coefficient (Wildman–Crippen LogP) is 4.09. The summed E-state index contributed by atoms with van der Waals surface area (Å²) < 4.78 is 9.87. The van der Waals surface area contributed by atoms with E-state index >= 15 is 0 Å². The minimum absolute atomic E-state index is 0.147. The largest absolute Gasteiger partial charge is 0.462 e. The van der Waals surface area contributed by atoms with Crippen molar-refractivity contribution >= 4 is 47.0 Å². The molecule has 0 saturated heterocycles. The van der Waals surface area contributed by atoms with Crippen molar-refractivity contribution in [3.05, 3.63) is 59.7 Å². The molecule has 0 radical (unpaired) electrons. The third kappa shape index (κ3) is 6.23. The lowest BCUT2D eigenvalue weighted by atomic mass is 10.2. The van der Waals surface area contributed by atoms with E-state index in [1.165, 1.54) is 38.1 Å². The maximum absolute atomic E-state index is 12.7. The number of hydrogen-bond donors (Lipinski definition) is 2. The van der Waals surface area contributed by atoms with E-state index in [2.05, 4.69) is 20.8 Å². The fourth-order valence-electron chi connectivity index (χ4n) is 3.06. The van der Waals surface area contributed by atoms with Crippen molar-refractivity contribution in [2.75, 3.05) is 23.8 Å². The highest BCUT2D eigenvalue weighted by atomic mass is 16.5. The van der Waals surface area contributed by atoms with Crippen LogP contribution < -0.4 is 10.6 Å². The summed E-state index contributed by atoms with van der Waals surface area (Å²) in [7, 11) is 0. The van der Waals surface area contributed by atoms with Gasteiger partial charge in [0.2, 0.25) is 0 Å². The zero-order chi connectivity index (χ0) is 26.2. The molecule has 2 N–H and O–H groups in total. The summed E-state index contributed by atoms with van der Waals surface area (Å²) in [5, 5.41) is 15.7. The number of urea groups is 2. The molecule has 1 aliphatic heterocycles. The Bertz CT molecular complexity index is 1110. The predicted molar refractivity (Wildman–Crippen MR) is 133 cm³/mol. The number of ether oxygens (including phenoxy) is 2. The molecule has 1 heterocycles. The van der Waals surface area contributed by atoms with E-state index in [-0.39, 0.29) is 24.9 Å². The van der Waals surface area contributed by atoms with Crippen LogP contribution in [0.1, 0.15) is 48.4 Å². The van der Waals surface area contributed by atoms with Crippen molar-refractivity contribution < 1.29 is 28.7 Å². The van der Waals surface area contributed by atoms with E-state index in [9.17, 15) is 19.2 Å². The molecule has 0 aliphatic carbocycles. The van der Waals surface area contributed by atoms with Crippen LogP contribution in [0.5, 0.6) is 0 Å². The summed E-state index contributed by atoms with van der Waals surface area (Å²) in [6.45, 7) is 7.00. The molecule has 0 aromatic heterocycles. The van der Waals surface area contributed by atoms with E-state index in [0.717, 1.165) is 10.0 Å². The maximum atomic E-state index is 12.7. The van der Waals surface area contributed by atoms with Gasteiger partial charge in [-0.1, -0.05) is 0 Å². The molecule has 0 bridgehead atoms. The van der Waals surface area contributed by atoms with Crippen molar-refractivity contribution in [1.82, 2.24) is 10.0 Å². The van der Waals surface area contributed by atoms with E-state index in [1.807, 2.05) is 0 Å². The number of carbonyl (C=O) groups excluding carboxylic acids is 4. The molecule has 188 valence electrons. The van der Waals surface area contributed by atoms with Gasteiger partial charge in [0.15, 0.2) is 11.7 Å². The molecule has 0 unspecified atom stereocenters. The topological polar surface area (TPSA) is 142 Å². The van der Waals surface area contributed by atoms with Gasteiger partial charge in [0, 0.05) is 11.4 Å². The summed E-state index contributed by atoms with van der Waals surface area (Å²) in [5.74, 6) is -0.617. The molecule has 12 heteroatoms. The molecule has 1 aliphatic rings. The Morgan fingerprint density at radius 1 is 0.667 bits per heavy atom. The molecule has 0 spiro atoms. The Hall–Kier alpha value is -4.74. The molecule has 0 saturated carbocycles. The minimum atomic E-state index is -0.603. The fraction of sp³-hybridized carbons (Fsp3) is 0.250. The number of benzene rings is 2. The van der Waals surface area contributed by atoms with E-state index in [4.69, 9.17) is 9.47 Å². The first-order valence-electron chi connectivity index (χ1n) is 11.1. The fourth-order valence-corrected chi connectivity index (χ4v) is 3.06. The third-order valence-corrected chi connectivity index (χ3v) is 4.78. The van der Waals surface area contributed by atoms with Gasteiger partial charge in [0.1, 0.15) is 0 Å². The van der Waals surface area contributed by atoms with Crippen LogP contribution in [-0.4, -0.2) is 58.9 Å². The second-order valence-corrected chi connectivity index (χ2v) is 7.37. The van der Waals surface area contributed by atoms with Crippen LogP contribution in [0.15, 0.2) is 58.7 Å². The van der Waals surface area contributed by atoms with Gasteiger partial charge in [0.25, 0.3) is 0 Å². The van der Waals surface area contributed by atoms with E-state index < -0.39 is 24.0 Å². The second kappa shape index (κ2) is 11.6. The van der Waals surface area contributed by atoms with E-state index in [0.29, 0.717) is 22.5 Å². The molecule has 2 aromatic carbocycles. The minimum Gasteiger partial charge on any atom is -0.462 e. The number of nitrogens with zero attached hydrogens (tertiary/aromatic N) is 4. The zero-order valence-corrected chi connectivity index (χ0v) is 20.3. The number of rotatable bonds is 6. The van der Waals surface area contributed by atoms with Crippen LogP contribution in [-0.2, 0) is 9.47 Å². The summed E-state index contributed by atoms with van der Waals surface area (Å²) in [6.07, 6.45) is 0.